The monoisotopic (exact) mass is 281 g/mol. The molecule has 0 unspecified atom stereocenters. The molecule has 1 aromatic rings. The van der Waals surface area contributed by atoms with Crippen LogP contribution in [0.3, 0.4) is 0 Å². The number of nitrogens with zero attached hydrogens (tertiary/aromatic N) is 3. The maximum absolute atomic E-state index is 5.49. The van der Waals surface area contributed by atoms with Crippen LogP contribution in [0.15, 0.2) is 0 Å². The molecule has 0 bridgehead atoms. The van der Waals surface area contributed by atoms with Crippen molar-refractivity contribution in [2.75, 3.05) is 37.5 Å². The van der Waals surface area contributed by atoms with Gasteiger partial charge in [0.2, 0.25) is 11.9 Å². The van der Waals surface area contributed by atoms with Crippen molar-refractivity contribution in [3.05, 3.63) is 0 Å². The molecule has 1 fully saturated rings. The lowest BCUT2D eigenvalue weighted by atomic mass is 9.93. The molecule has 2 rings (SSSR count). The quantitative estimate of drug-likeness (QED) is 0.821. The molecule has 7 heteroatoms. The highest BCUT2D eigenvalue weighted by Crippen LogP contribution is 2.24. The molecule has 0 aromatic carbocycles. The van der Waals surface area contributed by atoms with Gasteiger partial charge < -0.3 is 20.1 Å². The van der Waals surface area contributed by atoms with Gasteiger partial charge in [0.15, 0.2) is 0 Å². The van der Waals surface area contributed by atoms with Crippen molar-refractivity contribution in [1.29, 1.82) is 0 Å². The molecule has 0 aliphatic carbocycles. The molecule has 7 nitrogen and oxygen atoms in total. The molecule has 0 spiro atoms. The molecule has 2 heterocycles. The minimum absolute atomic E-state index is 0.0490. The summed E-state index contributed by atoms with van der Waals surface area (Å²) in [7, 11) is 1.78. The third-order valence-electron chi connectivity index (χ3n) is 3.28. The highest BCUT2D eigenvalue weighted by atomic mass is 16.5. The topological polar surface area (TPSA) is 81.2 Å². The summed E-state index contributed by atoms with van der Waals surface area (Å²) in [5, 5.41) is 6.31. The van der Waals surface area contributed by atoms with Crippen molar-refractivity contribution in [3.8, 4) is 6.01 Å². The molecule has 1 aliphatic heterocycles. The predicted octanol–water partition coefficient (Wildman–Crippen LogP) is 1.68. The largest absolute Gasteiger partial charge is 0.463 e. The van der Waals surface area contributed by atoms with Gasteiger partial charge in [-0.25, -0.2) is 0 Å². The molecule has 0 radical (unpaired) electrons. The van der Waals surface area contributed by atoms with E-state index >= 15 is 0 Å². The first-order chi connectivity index (χ1) is 9.65. The van der Waals surface area contributed by atoms with Crippen molar-refractivity contribution in [1.82, 2.24) is 15.0 Å². The van der Waals surface area contributed by atoms with Crippen LogP contribution in [0.4, 0.5) is 11.9 Å². The summed E-state index contributed by atoms with van der Waals surface area (Å²) < 4.78 is 10.9. The zero-order valence-electron chi connectivity index (χ0n) is 12.4. The fraction of sp³-hybridized carbons (Fsp3) is 0.769. The number of aromatic nitrogens is 3. The summed E-state index contributed by atoms with van der Waals surface area (Å²) >= 11 is 0. The maximum Gasteiger partial charge on any atom is 0.323 e. The molecule has 1 aliphatic rings. The fourth-order valence-corrected chi connectivity index (χ4v) is 2.00. The van der Waals surface area contributed by atoms with E-state index in [0.29, 0.717) is 24.5 Å². The molecule has 1 aromatic heterocycles. The zero-order valence-corrected chi connectivity index (χ0v) is 12.4. The van der Waals surface area contributed by atoms with Crippen LogP contribution < -0.4 is 15.4 Å². The number of ether oxygens (including phenoxy) is 2. The van der Waals surface area contributed by atoms with Gasteiger partial charge in [0, 0.05) is 25.8 Å². The Kier molecular flexibility index (Phi) is 4.94. The Morgan fingerprint density at radius 1 is 1.20 bits per heavy atom. The van der Waals surface area contributed by atoms with Crippen LogP contribution in [0.5, 0.6) is 6.01 Å². The van der Waals surface area contributed by atoms with Gasteiger partial charge in [-0.1, -0.05) is 6.92 Å². The van der Waals surface area contributed by atoms with Gasteiger partial charge >= 0.3 is 6.01 Å². The lowest BCUT2D eigenvalue weighted by Crippen LogP contribution is -2.41. The lowest BCUT2D eigenvalue weighted by molar-refractivity contribution is 0.0655. The first kappa shape index (κ1) is 14.8. The smallest absolute Gasteiger partial charge is 0.323 e. The number of rotatable bonds is 6. The van der Waals surface area contributed by atoms with Crippen LogP contribution in [0.2, 0.25) is 0 Å². The average Bonchev–Trinajstić information content (AvgIpc) is 2.45. The van der Waals surface area contributed by atoms with Gasteiger partial charge in [0.1, 0.15) is 0 Å². The van der Waals surface area contributed by atoms with Crippen LogP contribution in [0.25, 0.3) is 0 Å². The van der Waals surface area contributed by atoms with E-state index in [4.69, 9.17) is 9.47 Å². The van der Waals surface area contributed by atoms with E-state index in [-0.39, 0.29) is 5.54 Å². The van der Waals surface area contributed by atoms with Crippen LogP contribution in [-0.2, 0) is 4.74 Å². The standard InChI is InChI=1S/C13H23N5O2/c1-4-7-20-12-16-10(14-3)15-11(17-12)18-13(2)5-8-19-9-6-13/h4-9H2,1-3H3,(H2,14,15,16,17,18). The van der Waals surface area contributed by atoms with Crippen molar-refractivity contribution in [2.24, 2.45) is 0 Å². The molecule has 0 atom stereocenters. The van der Waals surface area contributed by atoms with E-state index in [2.05, 4.69) is 32.5 Å². The summed E-state index contributed by atoms with van der Waals surface area (Å²) in [6.45, 7) is 6.31. The van der Waals surface area contributed by atoms with Crippen molar-refractivity contribution in [3.63, 3.8) is 0 Å². The molecule has 0 amide bonds. The number of nitrogens with one attached hydrogen (secondary N) is 2. The van der Waals surface area contributed by atoms with E-state index in [9.17, 15) is 0 Å². The second-order valence-corrected chi connectivity index (χ2v) is 5.16. The lowest BCUT2D eigenvalue weighted by Gasteiger charge is -2.34. The van der Waals surface area contributed by atoms with Gasteiger partial charge in [-0.2, -0.15) is 15.0 Å². The number of anilines is 2. The fourth-order valence-electron chi connectivity index (χ4n) is 2.00. The summed E-state index contributed by atoms with van der Waals surface area (Å²) in [5.41, 5.74) is -0.0490. The van der Waals surface area contributed by atoms with Crippen LogP contribution in [0.1, 0.15) is 33.1 Å². The first-order valence-corrected chi connectivity index (χ1v) is 7.08. The highest BCUT2D eigenvalue weighted by molar-refractivity contribution is 5.37. The molecule has 1 saturated heterocycles. The van der Waals surface area contributed by atoms with E-state index in [1.165, 1.54) is 0 Å². The van der Waals surface area contributed by atoms with Gasteiger partial charge in [-0.3, -0.25) is 0 Å². The SMILES string of the molecule is CCCOc1nc(NC)nc(NC2(C)CCOCC2)n1. The highest BCUT2D eigenvalue weighted by Gasteiger charge is 2.28. The Hall–Kier alpha value is -1.63. The van der Waals surface area contributed by atoms with E-state index in [1.807, 2.05) is 6.92 Å². The van der Waals surface area contributed by atoms with Crippen LogP contribution >= 0.6 is 0 Å². The molecule has 2 N–H and O–H groups in total. The summed E-state index contributed by atoms with van der Waals surface area (Å²) in [6.07, 6.45) is 2.77. The van der Waals surface area contributed by atoms with Crippen LogP contribution in [0, 0.1) is 0 Å². The summed E-state index contributed by atoms with van der Waals surface area (Å²) in [6, 6.07) is 0.351. The first-order valence-electron chi connectivity index (χ1n) is 7.08. The third-order valence-corrected chi connectivity index (χ3v) is 3.28. The molecule has 112 valence electrons. The third kappa shape index (κ3) is 3.93. The molecular formula is C13H23N5O2. The van der Waals surface area contributed by atoms with Gasteiger partial charge in [-0.15, -0.1) is 0 Å². The Morgan fingerprint density at radius 3 is 2.55 bits per heavy atom. The maximum atomic E-state index is 5.49. The predicted molar refractivity (Wildman–Crippen MR) is 77.2 cm³/mol. The minimum atomic E-state index is -0.0490. The normalized spacial score (nSPS) is 17.6. The summed E-state index contributed by atoms with van der Waals surface area (Å²) in [5.74, 6) is 1.05. The number of hydrogen-bond acceptors (Lipinski definition) is 7. The second-order valence-electron chi connectivity index (χ2n) is 5.16. The zero-order chi connectivity index (χ0) is 14.4. The van der Waals surface area contributed by atoms with E-state index in [0.717, 1.165) is 32.5 Å². The van der Waals surface area contributed by atoms with Crippen molar-refractivity contribution < 1.29 is 9.47 Å². The minimum Gasteiger partial charge on any atom is -0.463 e. The van der Waals surface area contributed by atoms with Gasteiger partial charge in [-0.05, 0) is 26.2 Å². The van der Waals surface area contributed by atoms with Gasteiger partial charge in [0.05, 0.1) is 6.61 Å². The van der Waals surface area contributed by atoms with Crippen molar-refractivity contribution >= 4 is 11.9 Å². The van der Waals surface area contributed by atoms with Gasteiger partial charge in [0.25, 0.3) is 0 Å². The van der Waals surface area contributed by atoms with E-state index < -0.39 is 0 Å². The Morgan fingerprint density at radius 2 is 1.90 bits per heavy atom. The average molecular weight is 281 g/mol. The second kappa shape index (κ2) is 6.69. The Balaban J connectivity index is 2.12. The molecule has 0 saturated carbocycles. The Bertz CT molecular complexity index is 435. The summed E-state index contributed by atoms with van der Waals surface area (Å²) in [4.78, 5) is 12.8. The Labute approximate surface area is 119 Å². The molecule has 20 heavy (non-hydrogen) atoms. The molecular weight excluding hydrogens is 258 g/mol. The number of hydrogen-bond donors (Lipinski definition) is 2. The van der Waals surface area contributed by atoms with E-state index in [1.54, 1.807) is 7.05 Å². The van der Waals surface area contributed by atoms with Crippen LogP contribution in [-0.4, -0.2) is 47.4 Å². The van der Waals surface area contributed by atoms with Crippen molar-refractivity contribution in [2.45, 2.75) is 38.6 Å².